The first-order chi connectivity index (χ1) is 6.02. The quantitative estimate of drug-likeness (QED) is 0.633. The maximum absolute atomic E-state index is 10.7. The highest BCUT2D eigenvalue weighted by Gasteiger charge is 2.32. The molecule has 1 amide bonds. The summed E-state index contributed by atoms with van der Waals surface area (Å²) in [7, 11) is 0. The van der Waals surface area contributed by atoms with Crippen LogP contribution in [-0.4, -0.2) is 40.3 Å². The molecule has 1 heterocycles. The summed E-state index contributed by atoms with van der Waals surface area (Å²) in [5.41, 5.74) is 0. The van der Waals surface area contributed by atoms with Gasteiger partial charge in [0.2, 0.25) is 0 Å². The summed E-state index contributed by atoms with van der Waals surface area (Å²) in [5.74, 6) is -1.31. The molecule has 1 fully saturated rings. The molecule has 1 aliphatic heterocycles. The van der Waals surface area contributed by atoms with Crippen molar-refractivity contribution in [1.29, 1.82) is 0 Å². The topological polar surface area (TPSA) is 77.8 Å². The molecule has 2 atom stereocenters. The zero-order chi connectivity index (χ0) is 10.0. The lowest BCUT2D eigenvalue weighted by Crippen LogP contribution is -2.44. The molecule has 1 aliphatic rings. The highest BCUT2D eigenvalue weighted by atomic mass is 16.4. The second kappa shape index (κ2) is 3.64. The van der Waals surface area contributed by atoms with E-state index in [1.54, 1.807) is 6.92 Å². The number of nitrogens with zero attached hydrogens (tertiary/aromatic N) is 1. The second-order valence-electron chi connectivity index (χ2n) is 3.44. The van der Waals surface area contributed by atoms with Gasteiger partial charge in [0.15, 0.2) is 0 Å². The van der Waals surface area contributed by atoms with E-state index in [0.717, 1.165) is 0 Å². The molecule has 0 unspecified atom stereocenters. The van der Waals surface area contributed by atoms with Gasteiger partial charge in [0.25, 0.3) is 0 Å². The van der Waals surface area contributed by atoms with Crippen LogP contribution in [0.4, 0.5) is 4.79 Å². The van der Waals surface area contributed by atoms with E-state index in [2.05, 4.69) is 0 Å². The average Bonchev–Trinajstić information content (AvgIpc) is 2.03. The number of amides is 1. The maximum atomic E-state index is 10.7. The van der Waals surface area contributed by atoms with Crippen LogP contribution in [0.1, 0.15) is 13.3 Å². The van der Waals surface area contributed by atoms with Gasteiger partial charge in [-0.3, -0.25) is 4.79 Å². The number of hydrogen-bond donors (Lipinski definition) is 2. The summed E-state index contributed by atoms with van der Waals surface area (Å²) in [5, 5.41) is 17.4. The summed E-state index contributed by atoms with van der Waals surface area (Å²) in [6, 6.07) is 0. The van der Waals surface area contributed by atoms with Gasteiger partial charge in [0, 0.05) is 13.1 Å². The SMILES string of the molecule is C[C@H]1CN(C(=O)O)CC[C@H]1C(=O)O. The molecule has 0 aliphatic carbocycles. The fourth-order valence-electron chi connectivity index (χ4n) is 1.69. The number of aliphatic carboxylic acids is 1. The van der Waals surface area contributed by atoms with E-state index in [9.17, 15) is 9.59 Å². The third kappa shape index (κ3) is 2.11. The molecule has 5 heteroatoms. The minimum atomic E-state index is -0.962. The van der Waals surface area contributed by atoms with E-state index < -0.39 is 18.0 Å². The number of piperidine rings is 1. The number of carboxylic acids is 1. The van der Waals surface area contributed by atoms with Crippen molar-refractivity contribution in [1.82, 2.24) is 4.90 Å². The Labute approximate surface area is 76.0 Å². The van der Waals surface area contributed by atoms with Gasteiger partial charge in [-0.1, -0.05) is 6.92 Å². The van der Waals surface area contributed by atoms with Crippen LogP contribution in [0.2, 0.25) is 0 Å². The van der Waals surface area contributed by atoms with Crippen molar-refractivity contribution in [2.75, 3.05) is 13.1 Å². The Bertz CT molecular complexity index is 228. The van der Waals surface area contributed by atoms with Gasteiger partial charge < -0.3 is 15.1 Å². The van der Waals surface area contributed by atoms with Gasteiger partial charge in [0.05, 0.1) is 5.92 Å². The van der Waals surface area contributed by atoms with Crippen molar-refractivity contribution in [3.63, 3.8) is 0 Å². The van der Waals surface area contributed by atoms with E-state index in [0.29, 0.717) is 19.5 Å². The zero-order valence-electron chi connectivity index (χ0n) is 7.43. The highest BCUT2D eigenvalue weighted by Crippen LogP contribution is 2.23. The molecule has 0 radical (unpaired) electrons. The number of carboxylic acid groups (broad SMARTS) is 2. The van der Waals surface area contributed by atoms with Gasteiger partial charge in [-0.15, -0.1) is 0 Å². The summed E-state index contributed by atoms with van der Waals surface area (Å²) in [6.45, 7) is 2.43. The van der Waals surface area contributed by atoms with Crippen molar-refractivity contribution >= 4 is 12.1 Å². The molecule has 0 spiro atoms. The number of hydrogen-bond acceptors (Lipinski definition) is 2. The third-order valence-corrected chi connectivity index (χ3v) is 2.49. The van der Waals surface area contributed by atoms with Crippen molar-refractivity contribution < 1.29 is 19.8 Å². The van der Waals surface area contributed by atoms with Gasteiger partial charge in [-0.2, -0.15) is 0 Å². The van der Waals surface area contributed by atoms with Gasteiger partial charge in [-0.25, -0.2) is 4.79 Å². The lowest BCUT2D eigenvalue weighted by molar-refractivity contribution is -0.145. The van der Waals surface area contributed by atoms with E-state index in [-0.39, 0.29) is 5.92 Å². The summed E-state index contributed by atoms with van der Waals surface area (Å²) >= 11 is 0. The summed E-state index contributed by atoms with van der Waals surface area (Å²) in [6.07, 6.45) is -0.543. The molecule has 0 aromatic rings. The van der Waals surface area contributed by atoms with Crippen LogP contribution < -0.4 is 0 Å². The Hall–Kier alpha value is -1.26. The predicted octanol–water partition coefficient (Wildman–Crippen LogP) is 0.707. The van der Waals surface area contributed by atoms with Crippen LogP contribution in [0.5, 0.6) is 0 Å². The average molecular weight is 187 g/mol. The highest BCUT2D eigenvalue weighted by molar-refractivity contribution is 5.71. The molecule has 2 N–H and O–H groups in total. The number of likely N-dealkylation sites (tertiary alicyclic amines) is 1. The monoisotopic (exact) mass is 187 g/mol. The van der Waals surface area contributed by atoms with Crippen LogP contribution >= 0.6 is 0 Å². The molecule has 0 saturated carbocycles. The normalized spacial score (nSPS) is 28.5. The molecule has 0 aromatic carbocycles. The number of carbonyl (C=O) groups is 2. The lowest BCUT2D eigenvalue weighted by Gasteiger charge is -2.32. The van der Waals surface area contributed by atoms with Gasteiger partial charge in [0.1, 0.15) is 0 Å². The van der Waals surface area contributed by atoms with Gasteiger partial charge >= 0.3 is 12.1 Å². The second-order valence-corrected chi connectivity index (χ2v) is 3.44. The molecule has 0 bridgehead atoms. The van der Waals surface area contributed by atoms with Crippen molar-refractivity contribution in [2.45, 2.75) is 13.3 Å². The standard InChI is InChI=1S/C8H13NO4/c1-5-4-9(8(12)13)3-2-6(5)7(10)11/h5-6H,2-4H2,1H3,(H,10,11)(H,12,13)/t5-,6+/m0/s1. The van der Waals surface area contributed by atoms with Crippen molar-refractivity contribution in [3.8, 4) is 0 Å². The minimum Gasteiger partial charge on any atom is -0.481 e. The summed E-state index contributed by atoms with van der Waals surface area (Å²) in [4.78, 5) is 22.5. The molecule has 13 heavy (non-hydrogen) atoms. The summed E-state index contributed by atoms with van der Waals surface area (Å²) < 4.78 is 0. The fourth-order valence-corrected chi connectivity index (χ4v) is 1.69. The van der Waals surface area contributed by atoms with Crippen LogP contribution in [0.3, 0.4) is 0 Å². The van der Waals surface area contributed by atoms with E-state index in [4.69, 9.17) is 10.2 Å². The van der Waals surface area contributed by atoms with Crippen LogP contribution in [0, 0.1) is 11.8 Å². The van der Waals surface area contributed by atoms with E-state index in [1.807, 2.05) is 0 Å². The molecule has 74 valence electrons. The van der Waals surface area contributed by atoms with Crippen LogP contribution in [0.15, 0.2) is 0 Å². The van der Waals surface area contributed by atoms with Crippen LogP contribution in [-0.2, 0) is 4.79 Å². The van der Waals surface area contributed by atoms with Gasteiger partial charge in [-0.05, 0) is 12.3 Å². The smallest absolute Gasteiger partial charge is 0.407 e. The molecule has 1 rings (SSSR count). The first-order valence-corrected chi connectivity index (χ1v) is 4.23. The minimum absolute atomic E-state index is 0.0950. The zero-order valence-corrected chi connectivity index (χ0v) is 7.43. The Balaban J connectivity index is 2.56. The van der Waals surface area contributed by atoms with Crippen molar-refractivity contribution in [2.24, 2.45) is 11.8 Å². The van der Waals surface area contributed by atoms with E-state index in [1.165, 1.54) is 4.90 Å². The molecule has 1 saturated heterocycles. The predicted molar refractivity (Wildman–Crippen MR) is 44.5 cm³/mol. The lowest BCUT2D eigenvalue weighted by atomic mass is 9.87. The Morgan fingerprint density at radius 1 is 1.38 bits per heavy atom. The first-order valence-electron chi connectivity index (χ1n) is 4.23. The molecule has 0 aromatic heterocycles. The maximum Gasteiger partial charge on any atom is 0.407 e. The van der Waals surface area contributed by atoms with Crippen molar-refractivity contribution in [3.05, 3.63) is 0 Å². The third-order valence-electron chi connectivity index (χ3n) is 2.49. The van der Waals surface area contributed by atoms with E-state index >= 15 is 0 Å². The Morgan fingerprint density at radius 3 is 2.38 bits per heavy atom. The van der Waals surface area contributed by atoms with Crippen LogP contribution in [0.25, 0.3) is 0 Å². The molecular weight excluding hydrogens is 174 g/mol. The fraction of sp³-hybridized carbons (Fsp3) is 0.750. The molecular formula is C8H13NO4. The Morgan fingerprint density at radius 2 is 2.00 bits per heavy atom. The molecule has 5 nitrogen and oxygen atoms in total. The Kier molecular flexibility index (Phi) is 2.75. The first kappa shape index (κ1) is 9.83. The largest absolute Gasteiger partial charge is 0.481 e. The number of rotatable bonds is 1.